The predicted octanol–water partition coefficient (Wildman–Crippen LogP) is 0.684. The van der Waals surface area contributed by atoms with Crippen LogP contribution in [0, 0.1) is 0 Å². The van der Waals surface area contributed by atoms with Crippen LogP contribution in [0.15, 0.2) is 24.5 Å². The number of hydrogen-bond donors (Lipinski definition) is 2. The topological polar surface area (TPSA) is 71.1 Å². The normalized spacial score (nSPS) is 17.3. The van der Waals surface area contributed by atoms with Gasteiger partial charge in [-0.3, -0.25) is 4.98 Å². The summed E-state index contributed by atoms with van der Waals surface area (Å²) in [5, 5.41) is 2.85. The van der Waals surface area contributed by atoms with E-state index < -0.39 is 15.3 Å². The van der Waals surface area contributed by atoms with Crippen LogP contribution in [0.5, 0.6) is 0 Å². The molecule has 1 atom stereocenters. The highest BCUT2D eigenvalue weighted by molar-refractivity contribution is 7.90. The Balaban J connectivity index is 1.73. The van der Waals surface area contributed by atoms with Gasteiger partial charge in [0.25, 0.3) is 0 Å². The lowest BCUT2D eigenvalue weighted by atomic mass is 10.2. The van der Waals surface area contributed by atoms with Crippen molar-refractivity contribution < 1.29 is 8.42 Å². The Morgan fingerprint density at radius 1 is 1.37 bits per heavy atom. The van der Waals surface area contributed by atoms with Gasteiger partial charge in [-0.05, 0) is 43.9 Å². The first-order valence-electron chi connectivity index (χ1n) is 6.69. The van der Waals surface area contributed by atoms with Crippen LogP contribution < -0.4 is 10.0 Å². The van der Waals surface area contributed by atoms with E-state index in [1.165, 1.54) is 12.8 Å². The standard InChI is InChI=1S/C13H21N3O2S/c1-11(10-15-13-2-3-13)19(17,18)16-9-6-12-4-7-14-8-5-12/h4-5,7-8,11,13,15-16H,2-3,6,9-10H2,1H3. The second-order valence-electron chi connectivity index (χ2n) is 5.04. The summed E-state index contributed by atoms with van der Waals surface area (Å²) in [5.41, 5.74) is 1.08. The van der Waals surface area contributed by atoms with Crippen LogP contribution in [0.4, 0.5) is 0 Å². The molecule has 1 fully saturated rings. The zero-order chi connectivity index (χ0) is 13.7. The molecule has 1 saturated carbocycles. The Morgan fingerprint density at radius 3 is 2.68 bits per heavy atom. The molecular weight excluding hydrogens is 262 g/mol. The molecule has 0 bridgehead atoms. The molecule has 1 aromatic rings. The lowest BCUT2D eigenvalue weighted by Crippen LogP contribution is -2.40. The van der Waals surface area contributed by atoms with Gasteiger partial charge in [0.2, 0.25) is 10.0 Å². The maximum Gasteiger partial charge on any atom is 0.215 e. The average Bonchev–Trinajstić information content (AvgIpc) is 3.21. The molecule has 0 aromatic carbocycles. The number of sulfonamides is 1. The van der Waals surface area contributed by atoms with Crippen LogP contribution in [-0.2, 0) is 16.4 Å². The van der Waals surface area contributed by atoms with Crippen molar-refractivity contribution in [2.75, 3.05) is 13.1 Å². The lowest BCUT2D eigenvalue weighted by Gasteiger charge is -2.14. The Kier molecular flexibility index (Phi) is 4.90. The van der Waals surface area contributed by atoms with Gasteiger partial charge in [-0.25, -0.2) is 13.1 Å². The monoisotopic (exact) mass is 283 g/mol. The zero-order valence-electron chi connectivity index (χ0n) is 11.2. The number of nitrogens with zero attached hydrogens (tertiary/aromatic N) is 1. The van der Waals surface area contributed by atoms with Gasteiger partial charge < -0.3 is 5.32 Å². The number of nitrogens with one attached hydrogen (secondary N) is 2. The Morgan fingerprint density at radius 2 is 2.05 bits per heavy atom. The van der Waals surface area contributed by atoms with E-state index >= 15 is 0 Å². The first-order valence-corrected chi connectivity index (χ1v) is 8.23. The molecule has 106 valence electrons. The van der Waals surface area contributed by atoms with Crippen LogP contribution in [0.2, 0.25) is 0 Å². The third-order valence-corrected chi connectivity index (χ3v) is 5.10. The van der Waals surface area contributed by atoms with Gasteiger partial charge in [-0.1, -0.05) is 0 Å². The molecular formula is C13H21N3O2S. The molecule has 19 heavy (non-hydrogen) atoms. The van der Waals surface area contributed by atoms with E-state index in [1.807, 2.05) is 12.1 Å². The lowest BCUT2D eigenvalue weighted by molar-refractivity contribution is 0.557. The van der Waals surface area contributed by atoms with E-state index in [9.17, 15) is 8.42 Å². The molecule has 0 radical (unpaired) electrons. The van der Waals surface area contributed by atoms with Crippen molar-refractivity contribution in [2.45, 2.75) is 37.5 Å². The number of aromatic nitrogens is 1. The van der Waals surface area contributed by atoms with E-state index in [0.717, 1.165) is 5.56 Å². The minimum atomic E-state index is -3.23. The minimum absolute atomic E-state index is 0.398. The maximum absolute atomic E-state index is 12.0. The zero-order valence-corrected chi connectivity index (χ0v) is 12.0. The molecule has 0 spiro atoms. The Hall–Kier alpha value is -0.980. The number of hydrogen-bond acceptors (Lipinski definition) is 4. The van der Waals surface area contributed by atoms with Crippen LogP contribution >= 0.6 is 0 Å². The van der Waals surface area contributed by atoms with Crippen molar-refractivity contribution in [3.63, 3.8) is 0 Å². The molecule has 1 unspecified atom stereocenters. The molecule has 2 N–H and O–H groups in total. The molecule has 6 heteroatoms. The SMILES string of the molecule is CC(CNC1CC1)S(=O)(=O)NCCc1ccncc1. The minimum Gasteiger partial charge on any atom is -0.313 e. The summed E-state index contributed by atoms with van der Waals surface area (Å²) in [6.45, 7) is 2.69. The van der Waals surface area contributed by atoms with Gasteiger partial charge in [0.15, 0.2) is 0 Å². The predicted molar refractivity (Wildman–Crippen MR) is 75.4 cm³/mol. The summed E-state index contributed by atoms with van der Waals surface area (Å²) in [5.74, 6) is 0. The fourth-order valence-corrected chi connectivity index (χ4v) is 2.75. The highest BCUT2D eigenvalue weighted by Crippen LogP contribution is 2.18. The van der Waals surface area contributed by atoms with Crippen LogP contribution in [0.25, 0.3) is 0 Å². The fraction of sp³-hybridized carbons (Fsp3) is 0.615. The van der Waals surface area contributed by atoms with Crippen molar-refractivity contribution in [3.8, 4) is 0 Å². The van der Waals surface area contributed by atoms with Gasteiger partial charge in [0.1, 0.15) is 0 Å². The first kappa shape index (κ1) is 14.4. The van der Waals surface area contributed by atoms with Gasteiger partial charge in [0.05, 0.1) is 5.25 Å². The molecule has 0 saturated heterocycles. The van der Waals surface area contributed by atoms with Crippen LogP contribution in [-0.4, -0.2) is 37.8 Å². The smallest absolute Gasteiger partial charge is 0.215 e. The van der Waals surface area contributed by atoms with E-state index in [2.05, 4.69) is 15.0 Å². The molecule has 1 aromatic heterocycles. The van der Waals surface area contributed by atoms with Crippen molar-refractivity contribution in [1.29, 1.82) is 0 Å². The molecule has 1 aliphatic rings. The summed E-state index contributed by atoms with van der Waals surface area (Å²) in [4.78, 5) is 3.93. The van der Waals surface area contributed by atoms with Crippen LogP contribution in [0.3, 0.4) is 0 Å². The van der Waals surface area contributed by atoms with E-state index in [0.29, 0.717) is 25.6 Å². The quantitative estimate of drug-likeness (QED) is 0.736. The molecule has 1 aliphatic carbocycles. The summed E-state index contributed by atoms with van der Waals surface area (Å²) in [6, 6.07) is 4.33. The van der Waals surface area contributed by atoms with E-state index in [1.54, 1.807) is 19.3 Å². The van der Waals surface area contributed by atoms with Crippen molar-refractivity contribution in [1.82, 2.24) is 15.0 Å². The highest BCUT2D eigenvalue weighted by Gasteiger charge is 2.25. The third kappa shape index (κ3) is 4.89. The van der Waals surface area contributed by atoms with Gasteiger partial charge in [0, 0.05) is 31.5 Å². The van der Waals surface area contributed by atoms with Crippen LogP contribution in [0.1, 0.15) is 25.3 Å². The molecule has 0 amide bonds. The van der Waals surface area contributed by atoms with Crippen molar-refractivity contribution >= 4 is 10.0 Å². The summed E-state index contributed by atoms with van der Waals surface area (Å²) in [7, 11) is -3.23. The molecule has 0 aliphatic heterocycles. The average molecular weight is 283 g/mol. The summed E-state index contributed by atoms with van der Waals surface area (Å²) in [6.07, 6.45) is 6.45. The Labute approximate surface area is 114 Å². The fourth-order valence-electron chi connectivity index (χ4n) is 1.76. The molecule has 2 rings (SSSR count). The van der Waals surface area contributed by atoms with Crippen molar-refractivity contribution in [3.05, 3.63) is 30.1 Å². The van der Waals surface area contributed by atoms with Gasteiger partial charge in [-0.2, -0.15) is 0 Å². The second-order valence-corrected chi connectivity index (χ2v) is 7.22. The summed E-state index contributed by atoms with van der Waals surface area (Å²) >= 11 is 0. The third-order valence-electron chi connectivity index (χ3n) is 3.27. The van der Waals surface area contributed by atoms with Gasteiger partial charge in [-0.15, -0.1) is 0 Å². The molecule has 5 nitrogen and oxygen atoms in total. The van der Waals surface area contributed by atoms with E-state index in [-0.39, 0.29) is 0 Å². The summed E-state index contributed by atoms with van der Waals surface area (Å²) < 4.78 is 26.6. The van der Waals surface area contributed by atoms with Crippen molar-refractivity contribution in [2.24, 2.45) is 0 Å². The second kappa shape index (κ2) is 6.45. The number of rotatable bonds is 8. The molecule has 1 heterocycles. The highest BCUT2D eigenvalue weighted by atomic mass is 32.2. The Bertz CT molecular complexity index is 486. The van der Waals surface area contributed by atoms with E-state index in [4.69, 9.17) is 0 Å². The van der Waals surface area contributed by atoms with Gasteiger partial charge >= 0.3 is 0 Å². The first-order chi connectivity index (χ1) is 9.08. The number of pyridine rings is 1. The largest absolute Gasteiger partial charge is 0.313 e. The maximum atomic E-state index is 12.0.